The predicted molar refractivity (Wildman–Crippen MR) is 75.8 cm³/mol. The Morgan fingerprint density at radius 3 is 2.95 bits per heavy atom. The van der Waals surface area contributed by atoms with E-state index in [2.05, 4.69) is 5.32 Å². The second kappa shape index (κ2) is 6.06. The average Bonchev–Trinajstić information content (AvgIpc) is 2.38. The van der Waals surface area contributed by atoms with E-state index in [-0.39, 0.29) is 11.4 Å². The number of para-hydroxylation sites is 1. The Balaban J connectivity index is 1.83. The Bertz CT molecular complexity index is 440. The zero-order valence-corrected chi connectivity index (χ0v) is 11.4. The summed E-state index contributed by atoms with van der Waals surface area (Å²) in [5.41, 5.74) is 7.44. The van der Waals surface area contributed by atoms with Crippen molar-refractivity contribution < 1.29 is 9.53 Å². The van der Waals surface area contributed by atoms with Crippen LogP contribution in [0.3, 0.4) is 0 Å². The van der Waals surface area contributed by atoms with E-state index in [1.165, 1.54) is 0 Å². The van der Waals surface area contributed by atoms with Crippen molar-refractivity contribution in [2.75, 3.05) is 18.9 Å². The molecule has 1 aliphatic heterocycles. The number of carbonyl (C=O) groups is 1. The molecule has 4 nitrogen and oxygen atoms in total. The molecule has 3 N–H and O–H groups in total. The number of nitrogen functional groups attached to an aromatic ring is 1. The summed E-state index contributed by atoms with van der Waals surface area (Å²) >= 11 is 0. The zero-order valence-electron chi connectivity index (χ0n) is 11.4. The third-order valence-electron chi connectivity index (χ3n) is 3.56. The van der Waals surface area contributed by atoms with Gasteiger partial charge < -0.3 is 15.8 Å². The van der Waals surface area contributed by atoms with E-state index in [1.54, 1.807) is 0 Å². The van der Waals surface area contributed by atoms with E-state index >= 15 is 0 Å². The molecule has 1 aromatic carbocycles. The first-order valence-corrected chi connectivity index (χ1v) is 6.81. The minimum Gasteiger partial charge on any atom is -0.399 e. The van der Waals surface area contributed by atoms with Gasteiger partial charge in [0.2, 0.25) is 5.91 Å². The molecule has 0 aliphatic carbocycles. The van der Waals surface area contributed by atoms with Gasteiger partial charge in [-0.2, -0.15) is 0 Å². The molecule has 1 atom stereocenters. The second-order valence-corrected chi connectivity index (χ2v) is 5.46. The molecule has 19 heavy (non-hydrogen) atoms. The van der Waals surface area contributed by atoms with Crippen LogP contribution in [0.5, 0.6) is 0 Å². The highest BCUT2D eigenvalue weighted by molar-refractivity contribution is 5.77. The minimum atomic E-state index is -0.211. The molecule has 104 valence electrons. The summed E-state index contributed by atoms with van der Waals surface area (Å²) < 4.78 is 5.43. The fraction of sp³-hybridized carbons (Fsp3) is 0.533. The molecule has 2 rings (SSSR count). The lowest BCUT2D eigenvalue weighted by molar-refractivity contribution is -0.124. The molecular weight excluding hydrogens is 240 g/mol. The van der Waals surface area contributed by atoms with Gasteiger partial charge in [0.1, 0.15) is 0 Å². The van der Waals surface area contributed by atoms with Crippen molar-refractivity contribution in [3.8, 4) is 0 Å². The van der Waals surface area contributed by atoms with Crippen LogP contribution in [0.25, 0.3) is 0 Å². The molecule has 0 radical (unpaired) electrons. The van der Waals surface area contributed by atoms with Gasteiger partial charge in [0.15, 0.2) is 0 Å². The smallest absolute Gasteiger partial charge is 0.220 e. The molecule has 0 spiro atoms. The van der Waals surface area contributed by atoms with Crippen LogP contribution in [0.1, 0.15) is 31.7 Å². The topological polar surface area (TPSA) is 64.4 Å². The van der Waals surface area contributed by atoms with E-state index in [0.29, 0.717) is 19.4 Å². The summed E-state index contributed by atoms with van der Waals surface area (Å²) in [6.07, 6.45) is 3.12. The molecular formula is C15H22N2O2. The Hall–Kier alpha value is -1.55. The summed E-state index contributed by atoms with van der Waals surface area (Å²) in [6.45, 7) is 3.44. The predicted octanol–water partition coefficient (Wildman–Crippen LogP) is 1.89. The Morgan fingerprint density at radius 2 is 2.26 bits per heavy atom. The van der Waals surface area contributed by atoms with Crippen LogP contribution in [0.2, 0.25) is 0 Å². The van der Waals surface area contributed by atoms with Gasteiger partial charge in [0.25, 0.3) is 0 Å². The van der Waals surface area contributed by atoms with Crippen molar-refractivity contribution in [3.63, 3.8) is 0 Å². The van der Waals surface area contributed by atoms with Gasteiger partial charge in [-0.3, -0.25) is 4.79 Å². The molecule has 1 fully saturated rings. The van der Waals surface area contributed by atoms with Crippen LogP contribution in [0.4, 0.5) is 5.69 Å². The van der Waals surface area contributed by atoms with Crippen LogP contribution >= 0.6 is 0 Å². The first-order valence-electron chi connectivity index (χ1n) is 6.81. The number of amides is 1. The van der Waals surface area contributed by atoms with Crippen molar-refractivity contribution in [1.82, 2.24) is 5.32 Å². The SMILES string of the molecule is CC1(NC(=O)CCc2ccccc2N)CCCOC1. The third kappa shape index (κ3) is 3.96. The normalized spacial score (nSPS) is 23.0. The molecule has 1 aliphatic rings. The van der Waals surface area contributed by atoms with E-state index in [4.69, 9.17) is 10.5 Å². The number of carbonyl (C=O) groups excluding carboxylic acids is 1. The van der Waals surface area contributed by atoms with Crippen molar-refractivity contribution >= 4 is 11.6 Å². The van der Waals surface area contributed by atoms with E-state index in [9.17, 15) is 4.79 Å². The molecule has 1 aromatic rings. The molecule has 1 amide bonds. The standard InChI is InChI=1S/C15H22N2O2/c1-15(9-4-10-19-11-15)17-14(18)8-7-12-5-2-3-6-13(12)16/h2-3,5-6H,4,7-11,16H2,1H3,(H,17,18). The van der Waals surface area contributed by atoms with Crippen molar-refractivity contribution in [2.24, 2.45) is 0 Å². The summed E-state index contributed by atoms with van der Waals surface area (Å²) in [5.74, 6) is 0.0660. The lowest BCUT2D eigenvalue weighted by atomic mass is 9.94. The Labute approximate surface area is 114 Å². The minimum absolute atomic E-state index is 0.0660. The highest BCUT2D eigenvalue weighted by Gasteiger charge is 2.28. The van der Waals surface area contributed by atoms with E-state index in [1.807, 2.05) is 31.2 Å². The fourth-order valence-electron chi connectivity index (χ4n) is 2.44. The lowest BCUT2D eigenvalue weighted by Gasteiger charge is -2.34. The lowest BCUT2D eigenvalue weighted by Crippen LogP contribution is -2.51. The van der Waals surface area contributed by atoms with Gasteiger partial charge in [-0.25, -0.2) is 0 Å². The maximum absolute atomic E-state index is 12.0. The number of hydrogen-bond donors (Lipinski definition) is 2. The fourth-order valence-corrected chi connectivity index (χ4v) is 2.44. The quantitative estimate of drug-likeness (QED) is 0.814. The summed E-state index contributed by atoms with van der Waals surface area (Å²) in [5, 5.41) is 3.08. The number of hydrogen-bond acceptors (Lipinski definition) is 3. The maximum Gasteiger partial charge on any atom is 0.220 e. The largest absolute Gasteiger partial charge is 0.399 e. The zero-order chi connectivity index (χ0) is 13.7. The highest BCUT2D eigenvalue weighted by atomic mass is 16.5. The van der Waals surface area contributed by atoms with Gasteiger partial charge in [0.05, 0.1) is 12.1 Å². The van der Waals surface area contributed by atoms with E-state index < -0.39 is 0 Å². The first kappa shape index (κ1) is 13.9. The van der Waals surface area contributed by atoms with E-state index in [0.717, 1.165) is 30.7 Å². The highest BCUT2D eigenvalue weighted by Crippen LogP contribution is 2.19. The van der Waals surface area contributed by atoms with Gasteiger partial charge >= 0.3 is 0 Å². The monoisotopic (exact) mass is 262 g/mol. The molecule has 0 saturated carbocycles. The van der Waals surface area contributed by atoms with Crippen LogP contribution in [-0.4, -0.2) is 24.7 Å². The number of aryl methyl sites for hydroxylation is 1. The average molecular weight is 262 g/mol. The molecule has 1 unspecified atom stereocenters. The van der Waals surface area contributed by atoms with Crippen molar-refractivity contribution in [2.45, 2.75) is 38.1 Å². The number of nitrogens with two attached hydrogens (primary N) is 1. The van der Waals surface area contributed by atoms with Crippen LogP contribution in [-0.2, 0) is 16.0 Å². The van der Waals surface area contributed by atoms with Gasteiger partial charge in [-0.15, -0.1) is 0 Å². The van der Waals surface area contributed by atoms with Gasteiger partial charge in [-0.05, 0) is 37.8 Å². The maximum atomic E-state index is 12.0. The third-order valence-corrected chi connectivity index (χ3v) is 3.56. The van der Waals surface area contributed by atoms with Gasteiger partial charge in [0, 0.05) is 18.7 Å². The number of benzene rings is 1. The number of rotatable bonds is 4. The van der Waals surface area contributed by atoms with Crippen LogP contribution in [0, 0.1) is 0 Å². The second-order valence-electron chi connectivity index (χ2n) is 5.46. The van der Waals surface area contributed by atoms with Crippen LogP contribution < -0.4 is 11.1 Å². The molecule has 0 aromatic heterocycles. The van der Waals surface area contributed by atoms with Crippen molar-refractivity contribution in [1.29, 1.82) is 0 Å². The molecule has 1 heterocycles. The molecule has 1 saturated heterocycles. The number of ether oxygens (including phenoxy) is 1. The van der Waals surface area contributed by atoms with Crippen LogP contribution in [0.15, 0.2) is 24.3 Å². The summed E-state index contributed by atoms with van der Waals surface area (Å²) in [4.78, 5) is 12.0. The molecule has 0 bridgehead atoms. The molecule has 4 heteroatoms. The van der Waals surface area contributed by atoms with Crippen molar-refractivity contribution in [3.05, 3.63) is 29.8 Å². The Kier molecular flexibility index (Phi) is 4.43. The number of nitrogens with one attached hydrogen (secondary N) is 1. The summed E-state index contributed by atoms with van der Waals surface area (Å²) in [7, 11) is 0. The number of anilines is 1. The summed E-state index contributed by atoms with van der Waals surface area (Å²) in [6, 6.07) is 7.68. The first-order chi connectivity index (χ1) is 9.09. The Morgan fingerprint density at radius 1 is 1.47 bits per heavy atom. The van der Waals surface area contributed by atoms with Gasteiger partial charge in [-0.1, -0.05) is 18.2 Å².